The van der Waals surface area contributed by atoms with Crippen molar-refractivity contribution in [2.75, 3.05) is 18.8 Å². The molecule has 0 atom stereocenters. The Labute approximate surface area is 95.6 Å². The van der Waals surface area contributed by atoms with E-state index < -0.39 is 0 Å². The Morgan fingerprint density at radius 1 is 1.53 bits per heavy atom. The average molecular weight is 267 g/mol. The summed E-state index contributed by atoms with van der Waals surface area (Å²) in [5.74, 6) is 1.63. The quantitative estimate of drug-likeness (QED) is 0.820. The van der Waals surface area contributed by atoms with E-state index in [0.29, 0.717) is 5.92 Å². The van der Waals surface area contributed by atoms with Crippen molar-refractivity contribution in [3.05, 3.63) is 28.8 Å². The SMILES string of the molecule is Nc1ccn2c(C3CNC3)nc(Br)c2c1. The van der Waals surface area contributed by atoms with Gasteiger partial charge in [-0.25, -0.2) is 4.98 Å². The maximum Gasteiger partial charge on any atom is 0.132 e. The number of anilines is 1. The van der Waals surface area contributed by atoms with Gasteiger partial charge < -0.3 is 15.5 Å². The van der Waals surface area contributed by atoms with Crippen LogP contribution in [-0.2, 0) is 0 Å². The third-order valence-electron chi connectivity index (χ3n) is 2.80. The molecule has 15 heavy (non-hydrogen) atoms. The second kappa shape index (κ2) is 3.21. The van der Waals surface area contributed by atoms with Gasteiger partial charge in [-0.05, 0) is 28.1 Å². The van der Waals surface area contributed by atoms with Gasteiger partial charge in [0, 0.05) is 30.9 Å². The zero-order valence-electron chi connectivity index (χ0n) is 8.07. The Hall–Kier alpha value is -1.07. The van der Waals surface area contributed by atoms with E-state index >= 15 is 0 Å². The number of halogens is 1. The molecule has 0 amide bonds. The Bertz CT molecular complexity index is 515. The van der Waals surface area contributed by atoms with E-state index in [9.17, 15) is 0 Å². The number of nitrogens with two attached hydrogens (primary N) is 1. The van der Waals surface area contributed by atoms with Gasteiger partial charge in [-0.2, -0.15) is 0 Å². The molecule has 1 fully saturated rings. The predicted molar refractivity (Wildman–Crippen MR) is 62.9 cm³/mol. The predicted octanol–water partition coefficient (Wildman–Crippen LogP) is 1.37. The first-order valence-electron chi connectivity index (χ1n) is 4.89. The monoisotopic (exact) mass is 266 g/mol. The molecule has 0 spiro atoms. The van der Waals surface area contributed by atoms with E-state index in [2.05, 4.69) is 30.6 Å². The van der Waals surface area contributed by atoms with Crippen molar-refractivity contribution >= 4 is 27.1 Å². The number of pyridine rings is 1. The van der Waals surface area contributed by atoms with Gasteiger partial charge in [0.15, 0.2) is 0 Å². The fourth-order valence-corrected chi connectivity index (χ4v) is 2.33. The van der Waals surface area contributed by atoms with Crippen molar-refractivity contribution in [1.82, 2.24) is 14.7 Å². The topological polar surface area (TPSA) is 55.4 Å². The van der Waals surface area contributed by atoms with Crippen LogP contribution in [0.1, 0.15) is 11.7 Å². The van der Waals surface area contributed by atoms with Gasteiger partial charge in [-0.15, -0.1) is 0 Å². The summed E-state index contributed by atoms with van der Waals surface area (Å²) in [6.07, 6.45) is 1.98. The lowest BCUT2D eigenvalue weighted by molar-refractivity contribution is 0.429. The lowest BCUT2D eigenvalue weighted by Gasteiger charge is -2.25. The number of nitrogens with zero attached hydrogens (tertiary/aromatic N) is 2. The van der Waals surface area contributed by atoms with Crippen LogP contribution in [0.4, 0.5) is 5.69 Å². The van der Waals surface area contributed by atoms with E-state index in [1.165, 1.54) is 0 Å². The third-order valence-corrected chi connectivity index (χ3v) is 3.38. The number of nitrogen functional groups attached to an aromatic ring is 1. The maximum atomic E-state index is 5.75. The van der Waals surface area contributed by atoms with Crippen LogP contribution in [0.5, 0.6) is 0 Å². The molecule has 0 bridgehead atoms. The smallest absolute Gasteiger partial charge is 0.132 e. The van der Waals surface area contributed by atoms with Gasteiger partial charge in [0.1, 0.15) is 10.4 Å². The molecule has 0 saturated carbocycles. The highest BCUT2D eigenvalue weighted by molar-refractivity contribution is 9.10. The minimum atomic E-state index is 0.521. The molecule has 78 valence electrons. The van der Waals surface area contributed by atoms with Gasteiger partial charge in [0.05, 0.1) is 5.52 Å². The van der Waals surface area contributed by atoms with Crippen molar-refractivity contribution < 1.29 is 0 Å². The number of aromatic nitrogens is 2. The van der Waals surface area contributed by atoms with Crippen LogP contribution in [0.2, 0.25) is 0 Å². The summed E-state index contributed by atoms with van der Waals surface area (Å²) in [6.45, 7) is 2.02. The normalized spacial score (nSPS) is 16.9. The fraction of sp³-hybridized carbons (Fsp3) is 0.300. The van der Waals surface area contributed by atoms with Gasteiger partial charge in [0.25, 0.3) is 0 Å². The Balaban J connectivity index is 2.22. The Morgan fingerprint density at radius 3 is 3.00 bits per heavy atom. The molecule has 2 aromatic heterocycles. The first-order chi connectivity index (χ1) is 7.25. The highest BCUT2D eigenvalue weighted by atomic mass is 79.9. The van der Waals surface area contributed by atoms with Gasteiger partial charge in [0.2, 0.25) is 0 Å². The first kappa shape index (κ1) is 9.18. The van der Waals surface area contributed by atoms with Gasteiger partial charge >= 0.3 is 0 Å². The minimum Gasteiger partial charge on any atom is -0.399 e. The lowest BCUT2D eigenvalue weighted by atomic mass is 10.0. The van der Waals surface area contributed by atoms with Crippen LogP contribution in [0.25, 0.3) is 5.52 Å². The third kappa shape index (κ3) is 1.34. The van der Waals surface area contributed by atoms with Crippen LogP contribution < -0.4 is 11.1 Å². The van der Waals surface area contributed by atoms with Crippen LogP contribution in [0.3, 0.4) is 0 Å². The number of hydrogen-bond donors (Lipinski definition) is 2. The number of fused-ring (bicyclic) bond motifs is 1. The van der Waals surface area contributed by atoms with Crippen molar-refractivity contribution in [3.63, 3.8) is 0 Å². The van der Waals surface area contributed by atoms with Gasteiger partial charge in [-0.3, -0.25) is 0 Å². The number of nitrogens with one attached hydrogen (secondary N) is 1. The maximum absolute atomic E-state index is 5.75. The average Bonchev–Trinajstić information content (AvgIpc) is 2.41. The van der Waals surface area contributed by atoms with Crippen LogP contribution in [-0.4, -0.2) is 22.5 Å². The van der Waals surface area contributed by atoms with Crippen LogP contribution in [0.15, 0.2) is 22.9 Å². The van der Waals surface area contributed by atoms with E-state index in [1.54, 1.807) is 0 Å². The molecular weight excluding hydrogens is 256 g/mol. The second-order valence-corrected chi connectivity index (χ2v) is 4.58. The molecule has 2 aromatic rings. The van der Waals surface area contributed by atoms with E-state index in [4.69, 9.17) is 5.73 Å². The summed E-state index contributed by atoms with van der Waals surface area (Å²) in [5, 5.41) is 3.25. The first-order valence-corrected chi connectivity index (χ1v) is 5.68. The molecule has 1 aliphatic heterocycles. The second-order valence-electron chi connectivity index (χ2n) is 3.83. The summed E-state index contributed by atoms with van der Waals surface area (Å²) < 4.78 is 2.98. The summed E-state index contributed by atoms with van der Waals surface area (Å²) in [4.78, 5) is 4.54. The molecule has 4 nitrogen and oxygen atoms in total. The molecule has 3 heterocycles. The molecule has 0 aliphatic carbocycles. The molecule has 1 saturated heterocycles. The number of rotatable bonds is 1. The highest BCUT2D eigenvalue weighted by Gasteiger charge is 2.24. The van der Waals surface area contributed by atoms with E-state index in [1.807, 2.05) is 18.3 Å². The van der Waals surface area contributed by atoms with Gasteiger partial charge in [-0.1, -0.05) is 0 Å². The van der Waals surface area contributed by atoms with Crippen molar-refractivity contribution in [2.45, 2.75) is 5.92 Å². The molecule has 0 radical (unpaired) electrons. The lowest BCUT2D eigenvalue weighted by Crippen LogP contribution is -2.40. The molecular formula is C10H11BrN4. The summed E-state index contributed by atoms with van der Waals surface area (Å²) in [6, 6.07) is 3.84. The Kier molecular flexibility index (Phi) is 1.97. The van der Waals surface area contributed by atoms with Crippen molar-refractivity contribution in [1.29, 1.82) is 0 Å². The summed E-state index contributed by atoms with van der Waals surface area (Å²) >= 11 is 3.47. The molecule has 0 aromatic carbocycles. The molecule has 3 rings (SSSR count). The standard InChI is InChI=1S/C10H11BrN4/c11-9-8-3-7(12)1-2-15(8)10(14-9)6-4-13-5-6/h1-3,6,13H,4-5,12H2. The largest absolute Gasteiger partial charge is 0.399 e. The zero-order chi connectivity index (χ0) is 10.4. The summed E-state index contributed by atoms with van der Waals surface area (Å²) in [7, 11) is 0. The zero-order valence-corrected chi connectivity index (χ0v) is 9.66. The van der Waals surface area contributed by atoms with Crippen molar-refractivity contribution in [3.8, 4) is 0 Å². The van der Waals surface area contributed by atoms with Crippen LogP contribution >= 0.6 is 15.9 Å². The van der Waals surface area contributed by atoms with E-state index in [-0.39, 0.29) is 0 Å². The fourth-order valence-electron chi connectivity index (χ4n) is 1.85. The Morgan fingerprint density at radius 2 is 2.33 bits per heavy atom. The molecule has 3 N–H and O–H groups in total. The van der Waals surface area contributed by atoms with E-state index in [0.717, 1.165) is 34.7 Å². The highest BCUT2D eigenvalue weighted by Crippen LogP contribution is 2.26. The number of imidazole rings is 1. The summed E-state index contributed by atoms with van der Waals surface area (Å²) in [5.41, 5.74) is 7.55. The molecule has 5 heteroatoms. The number of hydrogen-bond acceptors (Lipinski definition) is 3. The minimum absolute atomic E-state index is 0.521. The van der Waals surface area contributed by atoms with Crippen molar-refractivity contribution in [2.24, 2.45) is 0 Å². The van der Waals surface area contributed by atoms with Crippen LogP contribution in [0, 0.1) is 0 Å². The molecule has 0 unspecified atom stereocenters. The molecule has 1 aliphatic rings.